The zero-order chi connectivity index (χ0) is 25.3. The molecular formula is C25H32N4O4S3. The number of sulfonamides is 1. The Bertz CT molecular complexity index is 1280. The monoisotopic (exact) mass is 548 g/mol. The van der Waals surface area contributed by atoms with Crippen molar-refractivity contribution in [2.75, 3.05) is 50.8 Å². The Morgan fingerprint density at radius 3 is 2.72 bits per heavy atom. The van der Waals surface area contributed by atoms with E-state index in [0.29, 0.717) is 31.1 Å². The highest BCUT2D eigenvalue weighted by molar-refractivity contribution is 7.91. The van der Waals surface area contributed by atoms with Crippen LogP contribution in [0.25, 0.3) is 10.2 Å². The summed E-state index contributed by atoms with van der Waals surface area (Å²) in [5.41, 5.74) is 3.22. The fourth-order valence-electron chi connectivity index (χ4n) is 4.84. The van der Waals surface area contributed by atoms with Crippen LogP contribution in [0.5, 0.6) is 0 Å². The van der Waals surface area contributed by atoms with Crippen molar-refractivity contribution < 1.29 is 17.9 Å². The second-order valence-corrected chi connectivity index (χ2v) is 13.5. The highest BCUT2D eigenvalue weighted by Crippen LogP contribution is 2.34. The number of benzene rings is 1. The van der Waals surface area contributed by atoms with E-state index < -0.39 is 16.1 Å². The molecule has 0 aliphatic carbocycles. The molecule has 0 spiro atoms. The van der Waals surface area contributed by atoms with Gasteiger partial charge in [0.25, 0.3) is 10.0 Å². The van der Waals surface area contributed by atoms with Crippen molar-refractivity contribution >= 4 is 54.0 Å². The van der Waals surface area contributed by atoms with Crippen LogP contribution >= 0.6 is 22.7 Å². The highest BCUT2D eigenvalue weighted by atomic mass is 32.2. The molecule has 0 N–H and O–H groups in total. The smallest absolute Gasteiger partial charge is 0.253 e. The summed E-state index contributed by atoms with van der Waals surface area (Å²) in [4.78, 5) is 22.9. The van der Waals surface area contributed by atoms with E-state index in [9.17, 15) is 13.2 Å². The van der Waals surface area contributed by atoms with Gasteiger partial charge in [-0.3, -0.25) is 14.6 Å². The minimum atomic E-state index is -3.71. The molecule has 194 valence electrons. The van der Waals surface area contributed by atoms with E-state index in [0.717, 1.165) is 55.0 Å². The molecule has 2 saturated heterocycles. The molecule has 11 heteroatoms. The third-order valence-electron chi connectivity index (χ3n) is 7.00. The van der Waals surface area contributed by atoms with Crippen LogP contribution in [-0.2, 0) is 19.6 Å². The topological polar surface area (TPSA) is 83.1 Å². The van der Waals surface area contributed by atoms with Gasteiger partial charge < -0.3 is 4.74 Å². The number of hydrogen-bond acceptors (Lipinski definition) is 8. The summed E-state index contributed by atoms with van der Waals surface area (Å²) in [6.07, 6.45) is 1.97. The van der Waals surface area contributed by atoms with E-state index in [1.165, 1.54) is 32.5 Å². The van der Waals surface area contributed by atoms with Crippen LogP contribution < -0.4 is 4.90 Å². The first-order valence-corrected chi connectivity index (χ1v) is 15.5. The lowest BCUT2D eigenvalue weighted by molar-refractivity contribution is -0.121. The van der Waals surface area contributed by atoms with E-state index >= 15 is 0 Å². The van der Waals surface area contributed by atoms with Gasteiger partial charge in [-0.25, -0.2) is 13.4 Å². The third kappa shape index (κ3) is 5.23. The quantitative estimate of drug-likeness (QED) is 0.425. The third-order valence-corrected chi connectivity index (χ3v) is 11.3. The molecule has 2 fully saturated rings. The predicted molar refractivity (Wildman–Crippen MR) is 145 cm³/mol. The standard InChI is InChI=1S/C25H32N4O4S3/c1-18-16-20-22(17-19(18)2)35-25(26-20)28(9-5-8-27-11-13-33-14-12-27)24(30)21-6-3-10-29(21)36(31,32)23-7-4-15-34-23/h4,7,15-17,21H,3,5-6,8-14H2,1-2H3. The van der Waals surface area contributed by atoms with Crippen LogP contribution in [-0.4, -0.2) is 80.5 Å². The van der Waals surface area contributed by atoms with Gasteiger partial charge in [0.15, 0.2) is 5.13 Å². The van der Waals surface area contributed by atoms with E-state index in [2.05, 4.69) is 30.9 Å². The zero-order valence-electron chi connectivity index (χ0n) is 20.7. The molecule has 1 unspecified atom stereocenters. The Labute approximate surface area is 220 Å². The number of anilines is 1. The molecule has 0 saturated carbocycles. The second kappa shape index (κ2) is 10.8. The number of nitrogens with zero attached hydrogens (tertiary/aromatic N) is 4. The molecule has 1 atom stereocenters. The summed E-state index contributed by atoms with van der Waals surface area (Å²) < 4.78 is 34.9. The lowest BCUT2D eigenvalue weighted by Crippen LogP contribution is -2.48. The van der Waals surface area contributed by atoms with E-state index in [1.54, 1.807) is 22.4 Å². The lowest BCUT2D eigenvalue weighted by atomic mass is 10.1. The van der Waals surface area contributed by atoms with Gasteiger partial charge in [-0.1, -0.05) is 17.4 Å². The summed E-state index contributed by atoms with van der Waals surface area (Å²) >= 11 is 2.69. The molecule has 1 aromatic carbocycles. The van der Waals surface area contributed by atoms with Crippen LogP contribution in [0.1, 0.15) is 30.4 Å². The van der Waals surface area contributed by atoms with Gasteiger partial charge >= 0.3 is 0 Å². The van der Waals surface area contributed by atoms with Crippen molar-refractivity contribution in [3.05, 3.63) is 40.8 Å². The number of carbonyl (C=O) groups is 1. The van der Waals surface area contributed by atoms with Crippen molar-refractivity contribution in [3.63, 3.8) is 0 Å². The lowest BCUT2D eigenvalue weighted by Gasteiger charge is -2.30. The van der Waals surface area contributed by atoms with Gasteiger partial charge in [0.2, 0.25) is 5.91 Å². The van der Waals surface area contributed by atoms with Gasteiger partial charge in [-0.15, -0.1) is 11.3 Å². The average Bonchev–Trinajstić information content (AvgIpc) is 3.64. The van der Waals surface area contributed by atoms with Crippen molar-refractivity contribution in [2.45, 2.75) is 43.4 Å². The molecule has 8 nitrogen and oxygen atoms in total. The number of thiophene rings is 1. The van der Waals surface area contributed by atoms with Gasteiger partial charge in [0, 0.05) is 32.7 Å². The van der Waals surface area contributed by atoms with Crippen molar-refractivity contribution in [3.8, 4) is 0 Å². The molecule has 2 aliphatic rings. The predicted octanol–water partition coefficient (Wildman–Crippen LogP) is 3.88. The Hall–Kier alpha value is -1.89. The second-order valence-electron chi connectivity index (χ2n) is 9.40. The molecule has 1 amide bonds. The molecule has 2 aromatic heterocycles. The van der Waals surface area contributed by atoms with Crippen LogP contribution in [0.3, 0.4) is 0 Å². The van der Waals surface area contributed by atoms with Crippen LogP contribution in [0.4, 0.5) is 5.13 Å². The first-order valence-electron chi connectivity index (χ1n) is 12.4. The summed E-state index contributed by atoms with van der Waals surface area (Å²) in [5, 5.41) is 2.39. The number of hydrogen-bond donors (Lipinski definition) is 0. The van der Waals surface area contributed by atoms with Gasteiger partial charge in [0.05, 0.1) is 23.4 Å². The van der Waals surface area contributed by atoms with Gasteiger partial charge in [-0.2, -0.15) is 4.31 Å². The first-order chi connectivity index (χ1) is 17.3. The number of morpholine rings is 1. The Morgan fingerprint density at radius 2 is 1.97 bits per heavy atom. The van der Waals surface area contributed by atoms with E-state index in [4.69, 9.17) is 9.72 Å². The van der Waals surface area contributed by atoms with E-state index in [1.807, 2.05) is 0 Å². The molecule has 5 rings (SSSR count). The zero-order valence-corrected chi connectivity index (χ0v) is 23.1. The molecule has 4 heterocycles. The fourth-order valence-corrected chi connectivity index (χ4v) is 8.69. The van der Waals surface area contributed by atoms with Gasteiger partial charge in [-0.05, 0) is 67.8 Å². The molecule has 3 aromatic rings. The highest BCUT2D eigenvalue weighted by Gasteiger charge is 2.42. The summed E-state index contributed by atoms with van der Waals surface area (Å²) in [6, 6.07) is 6.80. The summed E-state index contributed by atoms with van der Waals surface area (Å²) in [5.74, 6) is -0.179. The maximum Gasteiger partial charge on any atom is 0.253 e. The average molecular weight is 549 g/mol. The Balaban J connectivity index is 1.42. The number of aromatic nitrogens is 1. The largest absolute Gasteiger partial charge is 0.379 e. The molecule has 0 bridgehead atoms. The minimum Gasteiger partial charge on any atom is -0.379 e. The van der Waals surface area contributed by atoms with E-state index in [-0.39, 0.29) is 10.1 Å². The minimum absolute atomic E-state index is 0.179. The number of fused-ring (bicyclic) bond motifs is 1. The van der Waals surface area contributed by atoms with Crippen molar-refractivity contribution in [1.82, 2.24) is 14.2 Å². The molecular weight excluding hydrogens is 517 g/mol. The number of aryl methyl sites for hydroxylation is 2. The number of carbonyl (C=O) groups excluding carboxylic acids is 1. The van der Waals surface area contributed by atoms with Crippen LogP contribution in [0.15, 0.2) is 33.9 Å². The fraction of sp³-hybridized carbons (Fsp3) is 0.520. The number of ether oxygens (including phenoxy) is 1. The van der Waals surface area contributed by atoms with Crippen LogP contribution in [0.2, 0.25) is 0 Å². The summed E-state index contributed by atoms with van der Waals surface area (Å²) in [6.45, 7) is 9.10. The Morgan fingerprint density at radius 1 is 1.19 bits per heavy atom. The van der Waals surface area contributed by atoms with Crippen molar-refractivity contribution in [1.29, 1.82) is 0 Å². The first kappa shape index (κ1) is 25.7. The summed E-state index contributed by atoms with van der Waals surface area (Å²) in [7, 11) is -3.71. The number of thiazole rings is 1. The SMILES string of the molecule is Cc1cc2nc(N(CCCN3CCOCC3)C(=O)C3CCCN3S(=O)(=O)c3cccs3)sc2cc1C. The van der Waals surface area contributed by atoms with Crippen molar-refractivity contribution in [2.24, 2.45) is 0 Å². The normalized spacial score (nSPS) is 19.8. The van der Waals surface area contributed by atoms with Crippen LogP contribution in [0, 0.1) is 13.8 Å². The Kier molecular flexibility index (Phi) is 7.75. The number of amides is 1. The maximum absolute atomic E-state index is 14.0. The molecule has 36 heavy (non-hydrogen) atoms. The number of rotatable bonds is 8. The van der Waals surface area contributed by atoms with Gasteiger partial charge in [0.1, 0.15) is 10.3 Å². The molecule has 0 radical (unpaired) electrons. The maximum atomic E-state index is 14.0. The molecule has 2 aliphatic heterocycles.